The van der Waals surface area contributed by atoms with Crippen molar-refractivity contribution in [1.29, 1.82) is 0 Å². The number of hydrogen-bond donors (Lipinski definition) is 0. The Bertz CT molecular complexity index is 3200. The van der Waals surface area contributed by atoms with Crippen molar-refractivity contribution in [3.05, 3.63) is 212 Å². The molecule has 0 aliphatic carbocycles. The average molecular weight is 742 g/mol. The summed E-state index contributed by atoms with van der Waals surface area (Å²) in [4.78, 5) is 11.9. The van der Waals surface area contributed by atoms with Crippen LogP contribution < -0.4 is 4.90 Å². The van der Waals surface area contributed by atoms with Gasteiger partial charge in [-0.25, -0.2) is 9.97 Å². The van der Waals surface area contributed by atoms with Crippen molar-refractivity contribution in [2.24, 2.45) is 0 Å². The van der Waals surface area contributed by atoms with Crippen LogP contribution in [-0.4, -0.2) is 9.97 Å². The molecule has 0 fully saturated rings. The number of pyridine rings is 2. The summed E-state index contributed by atoms with van der Waals surface area (Å²) >= 11 is 0. The lowest BCUT2D eigenvalue weighted by molar-refractivity contribution is 1.12. The van der Waals surface area contributed by atoms with E-state index in [1.165, 1.54) is 65.3 Å². The van der Waals surface area contributed by atoms with Gasteiger partial charge in [0.25, 0.3) is 0 Å². The third kappa shape index (κ3) is 6.20. The van der Waals surface area contributed by atoms with E-state index < -0.39 is 0 Å². The molecule has 0 spiro atoms. The number of hydrogen-bond acceptors (Lipinski definition) is 3. The zero-order valence-corrected chi connectivity index (χ0v) is 32.2. The molecular formula is C55H39N3. The van der Waals surface area contributed by atoms with Gasteiger partial charge in [0.2, 0.25) is 0 Å². The van der Waals surface area contributed by atoms with Crippen LogP contribution in [0.1, 0.15) is 18.2 Å². The number of anilines is 3. The van der Waals surface area contributed by atoms with Crippen LogP contribution >= 0.6 is 0 Å². The van der Waals surface area contributed by atoms with Gasteiger partial charge in [-0.1, -0.05) is 146 Å². The van der Waals surface area contributed by atoms with Gasteiger partial charge < -0.3 is 0 Å². The lowest BCUT2D eigenvalue weighted by atomic mass is 9.84. The largest absolute Gasteiger partial charge is 0.279 e. The molecule has 0 atom stereocenters. The Kier molecular flexibility index (Phi) is 8.89. The second kappa shape index (κ2) is 14.8. The van der Waals surface area contributed by atoms with Crippen molar-refractivity contribution in [3.8, 4) is 33.4 Å². The standard InChI is InChI=1S/C55H39N3/c1-3-13-51-37(4-2)28-32-53(57-51)58(52-20-11-12-33-56-52)46-29-25-40(26-30-46)43-27-31-49-50(36-43)55(45-24-22-39-15-6-8-17-42(39)35-45)48-19-10-9-18-47(48)54(49)44-23-21-38-14-5-7-16-41(38)34-44/h3-36H,2H2,1H3/b13-3-. The molecule has 8 aromatic carbocycles. The normalized spacial score (nSPS) is 11.5. The monoisotopic (exact) mass is 741 g/mol. The van der Waals surface area contributed by atoms with Crippen LogP contribution in [0.5, 0.6) is 0 Å². The van der Waals surface area contributed by atoms with Gasteiger partial charge in [0, 0.05) is 11.9 Å². The topological polar surface area (TPSA) is 29.0 Å². The summed E-state index contributed by atoms with van der Waals surface area (Å²) in [5.74, 6) is 1.57. The van der Waals surface area contributed by atoms with Crippen LogP contribution in [0.3, 0.4) is 0 Å². The lowest BCUT2D eigenvalue weighted by Gasteiger charge is -2.24. The SMILES string of the molecule is C=Cc1ccc(N(c2ccc(-c3ccc4c(-c5ccc6ccccc6c5)c5ccccc5c(-c5ccc6ccccc6c5)c4c3)cc2)c2ccccn2)nc1/C=C\C. The number of aromatic nitrogens is 2. The highest BCUT2D eigenvalue weighted by Gasteiger charge is 2.20. The first-order valence-corrected chi connectivity index (χ1v) is 19.7. The molecule has 0 radical (unpaired) electrons. The van der Waals surface area contributed by atoms with E-state index in [0.717, 1.165) is 39.7 Å². The highest BCUT2D eigenvalue weighted by Crippen LogP contribution is 2.46. The molecule has 2 aromatic heterocycles. The Morgan fingerprint density at radius 1 is 0.466 bits per heavy atom. The molecule has 0 aliphatic rings. The van der Waals surface area contributed by atoms with Gasteiger partial charge in [0.1, 0.15) is 11.6 Å². The number of rotatable bonds is 8. The summed E-state index contributed by atoms with van der Waals surface area (Å²) in [6.07, 6.45) is 7.68. The fraction of sp³-hybridized carbons (Fsp3) is 0.0182. The second-order valence-corrected chi connectivity index (χ2v) is 14.6. The maximum absolute atomic E-state index is 5.06. The quantitative estimate of drug-likeness (QED) is 0.145. The van der Waals surface area contributed by atoms with Gasteiger partial charge >= 0.3 is 0 Å². The Morgan fingerprint density at radius 3 is 1.66 bits per heavy atom. The Balaban J connectivity index is 1.17. The van der Waals surface area contributed by atoms with Crippen LogP contribution in [0.4, 0.5) is 17.3 Å². The highest BCUT2D eigenvalue weighted by molar-refractivity contribution is 6.22. The maximum Gasteiger partial charge on any atom is 0.139 e. The molecule has 0 saturated heterocycles. The van der Waals surface area contributed by atoms with Crippen molar-refractivity contribution in [3.63, 3.8) is 0 Å². The van der Waals surface area contributed by atoms with Crippen molar-refractivity contribution in [2.75, 3.05) is 4.90 Å². The number of fused-ring (bicyclic) bond motifs is 4. The summed E-state index contributed by atoms with van der Waals surface area (Å²) in [5.41, 5.74) is 9.99. The first-order chi connectivity index (χ1) is 28.7. The number of allylic oxidation sites excluding steroid dienone is 1. The van der Waals surface area contributed by atoms with Gasteiger partial charge in [-0.2, -0.15) is 0 Å². The summed E-state index contributed by atoms with van der Waals surface area (Å²) in [5, 5.41) is 9.86. The van der Waals surface area contributed by atoms with Crippen molar-refractivity contribution >= 4 is 72.6 Å². The van der Waals surface area contributed by atoms with Crippen molar-refractivity contribution < 1.29 is 0 Å². The lowest BCUT2D eigenvalue weighted by Crippen LogP contribution is -2.13. The molecule has 10 rings (SSSR count). The predicted molar refractivity (Wildman–Crippen MR) is 248 cm³/mol. The Labute approximate surface area is 338 Å². The molecule has 0 aliphatic heterocycles. The van der Waals surface area contributed by atoms with Gasteiger partial charge in [0.15, 0.2) is 0 Å². The van der Waals surface area contributed by atoms with Crippen LogP contribution in [0.2, 0.25) is 0 Å². The summed E-state index contributed by atoms with van der Waals surface area (Å²) < 4.78 is 0. The Morgan fingerprint density at radius 2 is 1.03 bits per heavy atom. The Hall–Kier alpha value is -7.62. The smallest absolute Gasteiger partial charge is 0.139 e. The van der Waals surface area contributed by atoms with Gasteiger partial charge in [0.05, 0.1) is 5.69 Å². The second-order valence-electron chi connectivity index (χ2n) is 14.6. The van der Waals surface area contributed by atoms with E-state index in [4.69, 9.17) is 9.97 Å². The van der Waals surface area contributed by atoms with E-state index in [-0.39, 0.29) is 0 Å². The van der Waals surface area contributed by atoms with E-state index in [9.17, 15) is 0 Å². The maximum atomic E-state index is 5.06. The third-order valence-electron chi connectivity index (χ3n) is 11.2. The predicted octanol–water partition coefficient (Wildman–Crippen LogP) is 15.2. The summed E-state index contributed by atoms with van der Waals surface area (Å²) in [6, 6.07) is 65.7. The molecule has 2 heterocycles. The first-order valence-electron chi connectivity index (χ1n) is 19.7. The van der Waals surface area contributed by atoms with Gasteiger partial charge in [-0.05, 0) is 150 Å². The van der Waals surface area contributed by atoms with Gasteiger partial charge in [-0.15, -0.1) is 0 Å². The van der Waals surface area contributed by atoms with E-state index >= 15 is 0 Å². The fourth-order valence-electron chi connectivity index (χ4n) is 8.40. The summed E-state index contributed by atoms with van der Waals surface area (Å²) in [6.45, 7) is 6.00. The molecule has 58 heavy (non-hydrogen) atoms. The minimum absolute atomic E-state index is 0.781. The molecule has 0 amide bonds. The minimum Gasteiger partial charge on any atom is -0.279 e. The molecule has 0 unspecified atom stereocenters. The van der Waals surface area contributed by atoms with Gasteiger partial charge in [-0.3, -0.25) is 4.90 Å². The molecular weight excluding hydrogens is 703 g/mol. The average Bonchev–Trinajstić information content (AvgIpc) is 3.28. The highest BCUT2D eigenvalue weighted by atomic mass is 15.2. The van der Waals surface area contributed by atoms with E-state index in [1.807, 2.05) is 55.6 Å². The van der Waals surface area contributed by atoms with Crippen LogP contribution in [0.25, 0.3) is 88.6 Å². The number of benzene rings is 8. The molecule has 10 aromatic rings. The molecule has 0 N–H and O–H groups in total. The number of nitrogens with zero attached hydrogens (tertiary/aromatic N) is 3. The van der Waals surface area contributed by atoms with Crippen molar-refractivity contribution in [2.45, 2.75) is 6.92 Å². The van der Waals surface area contributed by atoms with E-state index in [0.29, 0.717) is 0 Å². The van der Waals surface area contributed by atoms with Crippen LogP contribution in [-0.2, 0) is 0 Å². The summed E-state index contributed by atoms with van der Waals surface area (Å²) in [7, 11) is 0. The van der Waals surface area contributed by atoms with E-state index in [1.54, 1.807) is 0 Å². The van der Waals surface area contributed by atoms with E-state index in [2.05, 4.69) is 169 Å². The van der Waals surface area contributed by atoms with Crippen LogP contribution in [0.15, 0.2) is 201 Å². The van der Waals surface area contributed by atoms with Crippen molar-refractivity contribution in [1.82, 2.24) is 9.97 Å². The molecule has 0 bridgehead atoms. The molecule has 274 valence electrons. The molecule has 3 heteroatoms. The first kappa shape index (κ1) is 34.8. The third-order valence-corrected chi connectivity index (χ3v) is 11.2. The molecule has 0 saturated carbocycles. The zero-order valence-electron chi connectivity index (χ0n) is 32.2. The minimum atomic E-state index is 0.781. The fourth-order valence-corrected chi connectivity index (χ4v) is 8.40. The van der Waals surface area contributed by atoms with Crippen LogP contribution in [0, 0.1) is 0 Å². The molecule has 3 nitrogen and oxygen atoms in total. The zero-order chi connectivity index (χ0) is 39.0.